The fourth-order valence-corrected chi connectivity index (χ4v) is 1.05. The number of nitrogens with zero attached hydrogens (tertiary/aromatic N) is 1. The van der Waals surface area contributed by atoms with Gasteiger partial charge in [0.15, 0.2) is 0 Å². The van der Waals surface area contributed by atoms with Crippen molar-refractivity contribution in [2.24, 2.45) is 0 Å². The maximum Gasteiger partial charge on any atom is 0.256 e. The first-order chi connectivity index (χ1) is 5.38. The van der Waals surface area contributed by atoms with Crippen LogP contribution in [0.25, 0.3) is 0 Å². The van der Waals surface area contributed by atoms with Gasteiger partial charge < -0.3 is 10.6 Å². The molecule has 1 aromatic heterocycles. The molecule has 0 aromatic carbocycles. The van der Waals surface area contributed by atoms with Crippen LogP contribution < -0.4 is 10.6 Å². The Morgan fingerprint density at radius 3 is 3.09 bits per heavy atom. The van der Waals surface area contributed by atoms with E-state index >= 15 is 0 Å². The highest BCUT2D eigenvalue weighted by Gasteiger charge is 2.15. The van der Waals surface area contributed by atoms with E-state index in [2.05, 4.69) is 20.8 Å². The van der Waals surface area contributed by atoms with E-state index in [1.807, 2.05) is 0 Å². The number of hydrogen-bond acceptors (Lipinski definition) is 3. The first-order valence-electron chi connectivity index (χ1n) is 3.43. The van der Waals surface area contributed by atoms with Crippen LogP contribution in [0.3, 0.4) is 0 Å². The second-order valence-corrected chi connectivity index (χ2v) is 2.34. The number of anilines is 1. The molecule has 58 valence electrons. The molecule has 5 heteroatoms. The van der Waals surface area contributed by atoms with Gasteiger partial charge in [-0.05, 0) is 0 Å². The Bertz CT molecular complexity index is 280. The van der Waals surface area contributed by atoms with Crippen molar-refractivity contribution in [2.75, 3.05) is 18.4 Å². The van der Waals surface area contributed by atoms with Crippen molar-refractivity contribution >= 4 is 11.7 Å². The van der Waals surface area contributed by atoms with Crippen LogP contribution in [0.15, 0.2) is 6.20 Å². The van der Waals surface area contributed by atoms with Crippen molar-refractivity contribution in [1.29, 1.82) is 0 Å². The smallest absolute Gasteiger partial charge is 0.256 e. The quantitative estimate of drug-likeness (QED) is 0.472. The minimum absolute atomic E-state index is 0.0706. The van der Waals surface area contributed by atoms with Crippen molar-refractivity contribution in [3.63, 3.8) is 0 Å². The van der Waals surface area contributed by atoms with Gasteiger partial charge >= 0.3 is 0 Å². The average molecular weight is 152 g/mol. The van der Waals surface area contributed by atoms with Crippen LogP contribution in [-0.2, 0) is 0 Å². The van der Waals surface area contributed by atoms with Gasteiger partial charge in [-0.2, -0.15) is 5.10 Å². The Morgan fingerprint density at radius 2 is 2.18 bits per heavy atom. The molecule has 0 saturated heterocycles. The number of hydrogen-bond donors (Lipinski definition) is 3. The number of aromatic amines is 1. The van der Waals surface area contributed by atoms with Gasteiger partial charge in [0.05, 0.1) is 6.20 Å². The zero-order valence-electron chi connectivity index (χ0n) is 5.85. The monoisotopic (exact) mass is 152 g/mol. The number of aromatic nitrogens is 2. The summed E-state index contributed by atoms with van der Waals surface area (Å²) in [6.45, 7) is 1.39. The third-order valence-corrected chi connectivity index (χ3v) is 1.60. The number of nitrogens with one attached hydrogen (secondary N) is 3. The molecule has 0 unspecified atom stereocenters. The molecule has 1 aliphatic heterocycles. The van der Waals surface area contributed by atoms with E-state index in [0.29, 0.717) is 17.9 Å². The summed E-state index contributed by atoms with van der Waals surface area (Å²) in [5.41, 5.74) is 0.586. The molecule has 0 radical (unpaired) electrons. The maximum atomic E-state index is 11.2. The molecule has 0 spiro atoms. The SMILES string of the molecule is O=C1NCCNc2[nH]ncc21. The van der Waals surface area contributed by atoms with E-state index < -0.39 is 0 Å². The highest BCUT2D eigenvalue weighted by Crippen LogP contribution is 2.11. The lowest BCUT2D eigenvalue weighted by atomic mass is 10.3. The molecule has 0 saturated carbocycles. The summed E-state index contributed by atoms with van der Waals surface area (Å²) in [7, 11) is 0. The number of carbonyl (C=O) groups excluding carboxylic acids is 1. The predicted octanol–water partition coefficient (Wildman–Crippen LogP) is -0.435. The summed E-state index contributed by atoms with van der Waals surface area (Å²) < 4.78 is 0. The molecule has 1 aliphatic rings. The zero-order valence-corrected chi connectivity index (χ0v) is 5.85. The first kappa shape index (κ1) is 6.21. The van der Waals surface area contributed by atoms with Crippen molar-refractivity contribution in [3.8, 4) is 0 Å². The average Bonchev–Trinajstić information content (AvgIpc) is 2.40. The topological polar surface area (TPSA) is 69.8 Å². The number of rotatable bonds is 0. The fraction of sp³-hybridized carbons (Fsp3) is 0.333. The van der Waals surface area contributed by atoms with Crippen molar-refractivity contribution in [2.45, 2.75) is 0 Å². The Balaban J connectivity index is 2.41. The molecule has 0 aliphatic carbocycles. The summed E-state index contributed by atoms with van der Waals surface area (Å²) >= 11 is 0. The minimum Gasteiger partial charge on any atom is -0.368 e. The summed E-state index contributed by atoms with van der Waals surface area (Å²) in [5, 5.41) is 12.2. The Labute approximate surface area is 63.2 Å². The van der Waals surface area contributed by atoms with Gasteiger partial charge in [0, 0.05) is 13.1 Å². The summed E-state index contributed by atoms with van der Waals surface area (Å²) in [4.78, 5) is 11.2. The molecule has 1 amide bonds. The van der Waals surface area contributed by atoms with Crippen LogP contribution in [0.1, 0.15) is 10.4 Å². The molecule has 5 nitrogen and oxygen atoms in total. The number of fused-ring (bicyclic) bond motifs is 1. The summed E-state index contributed by atoms with van der Waals surface area (Å²) in [6, 6.07) is 0. The molecule has 3 N–H and O–H groups in total. The van der Waals surface area contributed by atoms with Crippen molar-refractivity contribution in [3.05, 3.63) is 11.8 Å². The lowest BCUT2D eigenvalue weighted by Crippen LogP contribution is -2.24. The Kier molecular flexibility index (Phi) is 1.28. The second-order valence-electron chi connectivity index (χ2n) is 2.34. The van der Waals surface area contributed by atoms with Crippen LogP contribution in [0, 0.1) is 0 Å². The zero-order chi connectivity index (χ0) is 7.68. The van der Waals surface area contributed by atoms with E-state index in [0.717, 1.165) is 6.54 Å². The van der Waals surface area contributed by atoms with E-state index in [1.54, 1.807) is 0 Å². The summed E-state index contributed by atoms with van der Waals surface area (Å²) in [6.07, 6.45) is 1.52. The molecular weight excluding hydrogens is 144 g/mol. The molecule has 0 bridgehead atoms. The van der Waals surface area contributed by atoms with Gasteiger partial charge in [-0.25, -0.2) is 0 Å². The number of amides is 1. The van der Waals surface area contributed by atoms with Gasteiger partial charge in [-0.3, -0.25) is 9.89 Å². The largest absolute Gasteiger partial charge is 0.368 e. The van der Waals surface area contributed by atoms with Crippen LogP contribution in [0.2, 0.25) is 0 Å². The number of carbonyl (C=O) groups is 1. The van der Waals surface area contributed by atoms with E-state index in [9.17, 15) is 4.79 Å². The van der Waals surface area contributed by atoms with Crippen LogP contribution >= 0.6 is 0 Å². The third kappa shape index (κ3) is 0.938. The van der Waals surface area contributed by atoms with Gasteiger partial charge in [0.2, 0.25) is 0 Å². The summed E-state index contributed by atoms with van der Waals surface area (Å²) in [5.74, 6) is 0.638. The third-order valence-electron chi connectivity index (χ3n) is 1.60. The van der Waals surface area contributed by atoms with Crippen LogP contribution in [0.5, 0.6) is 0 Å². The first-order valence-corrected chi connectivity index (χ1v) is 3.43. The molecule has 11 heavy (non-hydrogen) atoms. The number of H-pyrrole nitrogens is 1. The molecule has 1 aromatic rings. The van der Waals surface area contributed by atoms with Crippen LogP contribution in [0.4, 0.5) is 5.82 Å². The molecule has 0 fully saturated rings. The molecule has 2 rings (SSSR count). The lowest BCUT2D eigenvalue weighted by molar-refractivity contribution is 0.0958. The molecule has 2 heterocycles. The predicted molar refractivity (Wildman–Crippen MR) is 39.4 cm³/mol. The second kappa shape index (κ2) is 2.26. The maximum absolute atomic E-state index is 11.2. The van der Waals surface area contributed by atoms with Gasteiger partial charge in [-0.15, -0.1) is 0 Å². The molecule has 0 atom stereocenters. The highest BCUT2D eigenvalue weighted by atomic mass is 16.1. The van der Waals surface area contributed by atoms with Crippen molar-refractivity contribution < 1.29 is 4.79 Å². The van der Waals surface area contributed by atoms with Gasteiger partial charge in [0.1, 0.15) is 11.4 Å². The highest BCUT2D eigenvalue weighted by molar-refractivity contribution is 5.99. The van der Waals surface area contributed by atoms with Gasteiger partial charge in [-0.1, -0.05) is 0 Å². The van der Waals surface area contributed by atoms with E-state index in [1.165, 1.54) is 6.20 Å². The Morgan fingerprint density at radius 1 is 1.36 bits per heavy atom. The minimum atomic E-state index is -0.0706. The Hall–Kier alpha value is -1.52. The molecular formula is C6H8N4O. The standard InChI is InChI=1S/C6H8N4O/c11-6-4-3-9-10-5(4)7-1-2-8-6/h3H,1-2H2,(H,8,11)(H2,7,9,10). The van der Waals surface area contributed by atoms with E-state index in [4.69, 9.17) is 0 Å². The van der Waals surface area contributed by atoms with Gasteiger partial charge in [0.25, 0.3) is 5.91 Å². The lowest BCUT2D eigenvalue weighted by Gasteiger charge is -1.96. The van der Waals surface area contributed by atoms with Crippen molar-refractivity contribution in [1.82, 2.24) is 15.5 Å². The fourth-order valence-electron chi connectivity index (χ4n) is 1.05. The van der Waals surface area contributed by atoms with Crippen LogP contribution in [-0.4, -0.2) is 29.2 Å². The normalized spacial score (nSPS) is 16.2. The van der Waals surface area contributed by atoms with E-state index in [-0.39, 0.29) is 5.91 Å².